The molecule has 0 aromatic heterocycles. The van der Waals surface area contributed by atoms with Crippen molar-refractivity contribution in [2.75, 3.05) is 26.4 Å². The first-order valence-corrected chi connectivity index (χ1v) is 18.0. The SMILES string of the molecule is O=C(CCCCOc1c2ccccc2c(OCCCCC(=O)OCC23CCC(CC2)C3)c2ccccc12)OCC12CCC(CC1)C2. The average molecular weight is 627 g/mol. The molecule has 4 aliphatic rings. The summed E-state index contributed by atoms with van der Waals surface area (Å²) in [6.07, 6.45) is 16.6. The Morgan fingerprint density at radius 3 is 1.26 bits per heavy atom. The summed E-state index contributed by atoms with van der Waals surface area (Å²) >= 11 is 0. The van der Waals surface area contributed by atoms with E-state index in [9.17, 15) is 9.59 Å². The van der Waals surface area contributed by atoms with Gasteiger partial charge < -0.3 is 18.9 Å². The second-order valence-corrected chi connectivity index (χ2v) is 15.0. The van der Waals surface area contributed by atoms with Gasteiger partial charge in [0.15, 0.2) is 0 Å². The molecule has 4 saturated carbocycles. The summed E-state index contributed by atoms with van der Waals surface area (Å²) in [7, 11) is 0. The highest BCUT2D eigenvalue weighted by Gasteiger charge is 2.46. The number of esters is 2. The number of unbranched alkanes of at least 4 members (excludes halogenated alkanes) is 2. The van der Waals surface area contributed by atoms with Gasteiger partial charge in [0, 0.05) is 45.2 Å². The van der Waals surface area contributed by atoms with E-state index in [-0.39, 0.29) is 22.8 Å². The summed E-state index contributed by atoms with van der Waals surface area (Å²) in [5, 5.41) is 4.08. The zero-order valence-corrected chi connectivity index (χ0v) is 27.4. The molecule has 4 bridgehead atoms. The van der Waals surface area contributed by atoms with E-state index in [2.05, 4.69) is 24.3 Å². The third kappa shape index (κ3) is 6.87. The topological polar surface area (TPSA) is 71.1 Å². The molecule has 0 unspecified atom stereocenters. The van der Waals surface area contributed by atoms with Crippen LogP contribution < -0.4 is 9.47 Å². The molecule has 0 aliphatic heterocycles. The highest BCUT2D eigenvalue weighted by Crippen LogP contribution is 2.55. The van der Waals surface area contributed by atoms with Crippen molar-refractivity contribution in [3.8, 4) is 11.5 Å². The van der Waals surface area contributed by atoms with E-state index >= 15 is 0 Å². The number of carbonyl (C=O) groups excluding carboxylic acids is 2. The van der Waals surface area contributed by atoms with Gasteiger partial charge in [-0.05, 0) is 102 Å². The van der Waals surface area contributed by atoms with Gasteiger partial charge in [0.05, 0.1) is 26.4 Å². The third-order valence-corrected chi connectivity index (χ3v) is 11.7. The molecule has 4 aliphatic carbocycles. The second-order valence-electron chi connectivity index (χ2n) is 15.0. The Hall–Kier alpha value is -3.28. The Kier molecular flexibility index (Phi) is 9.42. The van der Waals surface area contributed by atoms with Crippen molar-refractivity contribution in [1.29, 1.82) is 0 Å². The summed E-state index contributed by atoms with van der Waals surface area (Å²) in [5.74, 6) is 3.30. The van der Waals surface area contributed by atoms with Crippen LogP contribution in [0.4, 0.5) is 0 Å². The minimum absolute atomic E-state index is 0.0744. The molecular formula is C40H50O6. The number of ether oxygens (including phenoxy) is 4. The molecular weight excluding hydrogens is 576 g/mol. The van der Waals surface area contributed by atoms with Gasteiger partial charge in [-0.1, -0.05) is 48.5 Å². The fourth-order valence-electron chi connectivity index (χ4n) is 9.09. The van der Waals surface area contributed by atoms with Crippen LogP contribution in [0.1, 0.15) is 103 Å². The van der Waals surface area contributed by atoms with E-state index in [1.165, 1.54) is 64.2 Å². The van der Waals surface area contributed by atoms with Crippen molar-refractivity contribution in [1.82, 2.24) is 0 Å². The van der Waals surface area contributed by atoms with Crippen molar-refractivity contribution < 1.29 is 28.5 Å². The van der Waals surface area contributed by atoms with Gasteiger partial charge in [0.2, 0.25) is 0 Å². The fourth-order valence-corrected chi connectivity index (χ4v) is 9.09. The lowest BCUT2D eigenvalue weighted by atomic mass is 9.85. The Labute approximate surface area is 273 Å². The van der Waals surface area contributed by atoms with E-state index in [1.54, 1.807) is 0 Å². The molecule has 6 heteroatoms. The van der Waals surface area contributed by atoms with Crippen molar-refractivity contribution >= 4 is 33.5 Å². The molecule has 0 radical (unpaired) electrons. The molecule has 0 atom stereocenters. The van der Waals surface area contributed by atoms with Crippen LogP contribution >= 0.6 is 0 Å². The maximum absolute atomic E-state index is 12.5. The van der Waals surface area contributed by atoms with Gasteiger partial charge >= 0.3 is 11.9 Å². The first-order chi connectivity index (χ1) is 22.5. The van der Waals surface area contributed by atoms with Gasteiger partial charge in [-0.25, -0.2) is 0 Å². The lowest BCUT2D eigenvalue weighted by Gasteiger charge is -2.25. The lowest BCUT2D eigenvalue weighted by molar-refractivity contribution is -0.148. The maximum atomic E-state index is 12.5. The summed E-state index contributed by atoms with van der Waals surface area (Å²) in [6, 6.07) is 16.5. The van der Waals surface area contributed by atoms with Crippen LogP contribution in [-0.2, 0) is 19.1 Å². The minimum atomic E-state index is -0.0744. The van der Waals surface area contributed by atoms with Gasteiger partial charge in [-0.2, -0.15) is 0 Å². The van der Waals surface area contributed by atoms with Crippen LogP contribution in [0.15, 0.2) is 48.5 Å². The number of hydrogen-bond acceptors (Lipinski definition) is 6. The lowest BCUT2D eigenvalue weighted by Crippen LogP contribution is -2.23. The minimum Gasteiger partial charge on any atom is -0.492 e. The van der Waals surface area contributed by atoms with Crippen molar-refractivity contribution in [3.63, 3.8) is 0 Å². The van der Waals surface area contributed by atoms with Gasteiger partial charge in [-0.15, -0.1) is 0 Å². The molecule has 3 aromatic carbocycles. The highest BCUT2D eigenvalue weighted by molar-refractivity contribution is 6.11. The van der Waals surface area contributed by atoms with E-state index in [0.717, 1.165) is 70.6 Å². The predicted octanol–water partition coefficient (Wildman–Crippen LogP) is 9.34. The molecule has 0 spiro atoms. The maximum Gasteiger partial charge on any atom is 0.305 e. The van der Waals surface area contributed by atoms with E-state index in [0.29, 0.717) is 39.3 Å². The largest absolute Gasteiger partial charge is 0.492 e. The molecule has 7 rings (SSSR count). The number of carbonyl (C=O) groups is 2. The predicted molar refractivity (Wildman–Crippen MR) is 180 cm³/mol. The van der Waals surface area contributed by atoms with Gasteiger partial charge in [-0.3, -0.25) is 9.59 Å². The summed E-state index contributed by atoms with van der Waals surface area (Å²) in [5.41, 5.74) is 0.562. The molecule has 0 N–H and O–H groups in total. The summed E-state index contributed by atoms with van der Waals surface area (Å²) in [6.45, 7) is 2.28. The van der Waals surface area contributed by atoms with E-state index in [4.69, 9.17) is 18.9 Å². The Morgan fingerprint density at radius 2 is 0.935 bits per heavy atom. The van der Waals surface area contributed by atoms with Crippen molar-refractivity contribution in [2.24, 2.45) is 22.7 Å². The molecule has 3 aromatic rings. The van der Waals surface area contributed by atoms with Gasteiger partial charge in [0.25, 0.3) is 0 Å². The number of hydrogen-bond donors (Lipinski definition) is 0. The van der Waals surface area contributed by atoms with E-state index in [1.807, 2.05) is 24.3 Å². The number of benzene rings is 3. The Bertz CT molecular complexity index is 1360. The Morgan fingerprint density at radius 1 is 0.565 bits per heavy atom. The molecule has 6 nitrogen and oxygen atoms in total. The monoisotopic (exact) mass is 626 g/mol. The standard InChI is InChI=1S/C40H50O6/c41-35(45-27-39-19-15-29(25-39)16-20-39)13-5-7-23-43-37-31-9-1-2-10-32(31)38(34-12-4-3-11-33(34)37)44-24-8-6-14-36(42)46-28-40-21-17-30(26-40)18-22-40/h1-4,9-12,29-30H,5-8,13-28H2. The molecule has 0 saturated heterocycles. The highest BCUT2D eigenvalue weighted by atomic mass is 16.5. The molecule has 46 heavy (non-hydrogen) atoms. The molecule has 0 heterocycles. The van der Waals surface area contributed by atoms with Crippen LogP contribution in [0.3, 0.4) is 0 Å². The molecule has 0 amide bonds. The fraction of sp³-hybridized carbons (Fsp3) is 0.600. The smallest absolute Gasteiger partial charge is 0.305 e. The van der Waals surface area contributed by atoms with Crippen LogP contribution in [0, 0.1) is 22.7 Å². The van der Waals surface area contributed by atoms with Crippen LogP contribution in [0.5, 0.6) is 11.5 Å². The zero-order chi connectivity index (χ0) is 31.4. The average Bonchev–Trinajstić information content (AvgIpc) is 3.89. The van der Waals surface area contributed by atoms with E-state index < -0.39 is 0 Å². The molecule has 246 valence electrons. The zero-order valence-electron chi connectivity index (χ0n) is 27.4. The second kappa shape index (κ2) is 13.8. The molecule has 4 fully saturated rings. The van der Waals surface area contributed by atoms with Crippen molar-refractivity contribution in [2.45, 2.75) is 103 Å². The normalized spacial score (nSPS) is 26.2. The first-order valence-electron chi connectivity index (χ1n) is 18.0. The Balaban J connectivity index is 0.895. The summed E-state index contributed by atoms with van der Waals surface area (Å²) < 4.78 is 24.3. The third-order valence-electron chi connectivity index (χ3n) is 11.7. The number of rotatable bonds is 16. The van der Waals surface area contributed by atoms with Crippen LogP contribution in [0.2, 0.25) is 0 Å². The van der Waals surface area contributed by atoms with Crippen LogP contribution in [-0.4, -0.2) is 38.4 Å². The van der Waals surface area contributed by atoms with Gasteiger partial charge in [0.1, 0.15) is 11.5 Å². The quantitative estimate of drug-likeness (QED) is 0.0896. The van der Waals surface area contributed by atoms with Crippen molar-refractivity contribution in [3.05, 3.63) is 48.5 Å². The number of fused-ring (bicyclic) bond motifs is 6. The summed E-state index contributed by atoms with van der Waals surface area (Å²) in [4.78, 5) is 24.9. The van der Waals surface area contributed by atoms with Crippen LogP contribution in [0.25, 0.3) is 21.5 Å². The first kappa shape index (κ1) is 31.3.